The molecular formula is C14H19N3. The molecule has 1 aromatic heterocycles. The monoisotopic (exact) mass is 229 g/mol. The van der Waals surface area contributed by atoms with Crippen LogP contribution in [0, 0.1) is 20.8 Å². The van der Waals surface area contributed by atoms with Gasteiger partial charge in [-0.15, -0.1) is 0 Å². The summed E-state index contributed by atoms with van der Waals surface area (Å²) in [6.07, 6.45) is 1.76. The maximum Gasteiger partial charge on any atom is 0.0929 e. The first-order valence-electron chi connectivity index (χ1n) is 5.88. The molecule has 0 aliphatic heterocycles. The highest BCUT2D eigenvalue weighted by molar-refractivity contribution is 5.67. The number of H-pyrrole nitrogens is 1. The van der Waals surface area contributed by atoms with Crippen molar-refractivity contribution in [2.45, 2.75) is 27.3 Å². The molecule has 0 bridgehead atoms. The standard InChI is InChI=1S/C14H19N3/c1-9-5-11(3)12(6-10(9)2)14-13(7-15-4)16-8-17-14/h5-6,8,15H,7H2,1-4H3,(H,16,17). The summed E-state index contributed by atoms with van der Waals surface area (Å²) in [7, 11) is 1.94. The van der Waals surface area contributed by atoms with Crippen molar-refractivity contribution in [3.63, 3.8) is 0 Å². The van der Waals surface area contributed by atoms with Crippen molar-refractivity contribution in [2.75, 3.05) is 7.05 Å². The third-order valence-electron chi connectivity index (χ3n) is 3.17. The Kier molecular flexibility index (Phi) is 3.29. The van der Waals surface area contributed by atoms with Crippen LogP contribution in [-0.2, 0) is 6.54 Å². The smallest absolute Gasteiger partial charge is 0.0929 e. The minimum atomic E-state index is 0.807. The van der Waals surface area contributed by atoms with Crippen molar-refractivity contribution in [3.05, 3.63) is 40.8 Å². The third kappa shape index (κ3) is 2.24. The number of rotatable bonds is 3. The molecule has 0 fully saturated rings. The van der Waals surface area contributed by atoms with Gasteiger partial charge < -0.3 is 10.3 Å². The molecule has 2 N–H and O–H groups in total. The number of hydrogen-bond acceptors (Lipinski definition) is 2. The summed E-state index contributed by atoms with van der Waals surface area (Å²) in [6, 6.07) is 4.45. The van der Waals surface area contributed by atoms with Gasteiger partial charge in [0, 0.05) is 12.1 Å². The van der Waals surface area contributed by atoms with Crippen LogP contribution in [0.4, 0.5) is 0 Å². The van der Waals surface area contributed by atoms with Crippen molar-refractivity contribution < 1.29 is 0 Å². The van der Waals surface area contributed by atoms with Crippen molar-refractivity contribution >= 4 is 0 Å². The van der Waals surface area contributed by atoms with Gasteiger partial charge in [0.05, 0.1) is 17.7 Å². The van der Waals surface area contributed by atoms with Gasteiger partial charge in [0.25, 0.3) is 0 Å². The fourth-order valence-electron chi connectivity index (χ4n) is 2.08. The van der Waals surface area contributed by atoms with Crippen LogP contribution in [0.3, 0.4) is 0 Å². The summed E-state index contributed by atoms with van der Waals surface area (Å²) in [5.74, 6) is 0. The number of hydrogen-bond donors (Lipinski definition) is 2. The molecule has 1 aromatic carbocycles. The van der Waals surface area contributed by atoms with Gasteiger partial charge in [-0.25, -0.2) is 4.98 Å². The van der Waals surface area contributed by atoms with E-state index in [4.69, 9.17) is 0 Å². The molecule has 3 nitrogen and oxygen atoms in total. The van der Waals surface area contributed by atoms with Crippen LogP contribution in [-0.4, -0.2) is 17.0 Å². The van der Waals surface area contributed by atoms with E-state index in [1.807, 2.05) is 7.05 Å². The topological polar surface area (TPSA) is 40.7 Å². The number of benzene rings is 1. The predicted octanol–water partition coefficient (Wildman–Crippen LogP) is 2.72. The number of aromatic amines is 1. The van der Waals surface area contributed by atoms with E-state index in [0.717, 1.165) is 17.9 Å². The highest BCUT2D eigenvalue weighted by Crippen LogP contribution is 2.26. The number of nitrogens with one attached hydrogen (secondary N) is 2. The van der Waals surface area contributed by atoms with Gasteiger partial charge in [-0.05, 0) is 50.6 Å². The summed E-state index contributed by atoms with van der Waals surface area (Å²) in [4.78, 5) is 7.63. The van der Waals surface area contributed by atoms with Crippen LogP contribution >= 0.6 is 0 Å². The molecule has 0 spiro atoms. The highest BCUT2D eigenvalue weighted by Gasteiger charge is 2.11. The van der Waals surface area contributed by atoms with Gasteiger partial charge in [0.1, 0.15) is 0 Å². The Bertz CT molecular complexity index is 526. The van der Waals surface area contributed by atoms with E-state index >= 15 is 0 Å². The van der Waals surface area contributed by atoms with Crippen molar-refractivity contribution in [1.82, 2.24) is 15.3 Å². The predicted molar refractivity (Wildman–Crippen MR) is 71.0 cm³/mol. The van der Waals surface area contributed by atoms with Gasteiger partial charge in [0.15, 0.2) is 0 Å². The average Bonchev–Trinajstić information content (AvgIpc) is 2.72. The van der Waals surface area contributed by atoms with Crippen LogP contribution in [0.25, 0.3) is 11.3 Å². The van der Waals surface area contributed by atoms with Crippen molar-refractivity contribution in [2.24, 2.45) is 0 Å². The van der Waals surface area contributed by atoms with Crippen molar-refractivity contribution in [1.29, 1.82) is 0 Å². The molecule has 0 aliphatic carbocycles. The molecule has 0 atom stereocenters. The molecule has 90 valence electrons. The van der Waals surface area contributed by atoms with E-state index in [0.29, 0.717) is 0 Å². The minimum absolute atomic E-state index is 0.807. The molecule has 3 heteroatoms. The van der Waals surface area contributed by atoms with Crippen LogP contribution in [0.2, 0.25) is 0 Å². The first-order chi connectivity index (χ1) is 8.13. The normalized spacial score (nSPS) is 10.8. The van der Waals surface area contributed by atoms with E-state index in [2.05, 4.69) is 48.2 Å². The molecule has 2 rings (SSSR count). The summed E-state index contributed by atoms with van der Waals surface area (Å²) < 4.78 is 0. The largest absolute Gasteiger partial charge is 0.347 e. The molecule has 17 heavy (non-hydrogen) atoms. The van der Waals surface area contributed by atoms with Gasteiger partial charge in [0.2, 0.25) is 0 Å². The molecule has 0 saturated heterocycles. The van der Waals surface area contributed by atoms with Crippen molar-refractivity contribution in [3.8, 4) is 11.3 Å². The summed E-state index contributed by atoms with van der Waals surface area (Å²) in [5, 5.41) is 3.15. The van der Waals surface area contributed by atoms with Gasteiger partial charge >= 0.3 is 0 Å². The molecule has 1 heterocycles. The maximum atomic E-state index is 4.44. The zero-order valence-corrected chi connectivity index (χ0v) is 10.9. The van der Waals surface area contributed by atoms with Gasteiger partial charge in [-0.1, -0.05) is 6.07 Å². The molecular weight excluding hydrogens is 210 g/mol. The van der Waals surface area contributed by atoms with Gasteiger partial charge in [-0.2, -0.15) is 0 Å². The lowest BCUT2D eigenvalue weighted by molar-refractivity contribution is 0.798. The van der Waals surface area contributed by atoms with E-state index in [1.165, 1.54) is 22.3 Å². The number of imidazole rings is 1. The molecule has 0 radical (unpaired) electrons. The zero-order chi connectivity index (χ0) is 12.4. The molecule has 2 aromatic rings. The Balaban J connectivity index is 2.52. The average molecular weight is 229 g/mol. The van der Waals surface area contributed by atoms with E-state index in [9.17, 15) is 0 Å². The fourth-order valence-corrected chi connectivity index (χ4v) is 2.08. The Morgan fingerprint density at radius 3 is 2.53 bits per heavy atom. The SMILES string of the molecule is CNCc1[nH]cnc1-c1cc(C)c(C)cc1C. The Morgan fingerprint density at radius 1 is 1.12 bits per heavy atom. The lowest BCUT2D eigenvalue weighted by Gasteiger charge is -2.09. The van der Waals surface area contributed by atoms with Crippen LogP contribution < -0.4 is 5.32 Å². The molecule has 0 unspecified atom stereocenters. The maximum absolute atomic E-state index is 4.44. The van der Waals surface area contributed by atoms with E-state index in [-0.39, 0.29) is 0 Å². The molecule has 0 amide bonds. The number of nitrogens with zero attached hydrogens (tertiary/aromatic N) is 1. The number of aryl methyl sites for hydroxylation is 3. The van der Waals surface area contributed by atoms with Crippen LogP contribution in [0.5, 0.6) is 0 Å². The second-order valence-corrected chi connectivity index (χ2v) is 4.51. The molecule has 0 aliphatic rings. The molecule has 0 saturated carbocycles. The summed E-state index contributed by atoms with van der Waals surface area (Å²) >= 11 is 0. The first-order valence-corrected chi connectivity index (χ1v) is 5.88. The van der Waals surface area contributed by atoms with E-state index in [1.54, 1.807) is 6.33 Å². The summed E-state index contributed by atoms with van der Waals surface area (Å²) in [6.45, 7) is 7.23. The van der Waals surface area contributed by atoms with Crippen LogP contribution in [0.15, 0.2) is 18.5 Å². The lowest BCUT2D eigenvalue weighted by atomic mass is 9.98. The van der Waals surface area contributed by atoms with E-state index < -0.39 is 0 Å². The zero-order valence-electron chi connectivity index (χ0n) is 10.9. The van der Waals surface area contributed by atoms with Gasteiger partial charge in [-0.3, -0.25) is 0 Å². The Labute approximate surface area is 102 Å². The second kappa shape index (κ2) is 4.72. The van der Waals surface area contributed by atoms with Crippen LogP contribution in [0.1, 0.15) is 22.4 Å². The Hall–Kier alpha value is -1.61. The second-order valence-electron chi connectivity index (χ2n) is 4.51. The summed E-state index contributed by atoms with van der Waals surface area (Å²) in [5.41, 5.74) is 7.33. The lowest BCUT2D eigenvalue weighted by Crippen LogP contribution is -2.06. The fraction of sp³-hybridized carbons (Fsp3) is 0.357. The quantitative estimate of drug-likeness (QED) is 0.849. The number of aromatic nitrogens is 2. The first kappa shape index (κ1) is 11.9. The Morgan fingerprint density at radius 2 is 1.82 bits per heavy atom. The highest BCUT2D eigenvalue weighted by atomic mass is 14.9. The minimum Gasteiger partial charge on any atom is -0.347 e. The third-order valence-corrected chi connectivity index (χ3v) is 3.17.